The molecule has 15 heavy (non-hydrogen) atoms. The van der Waals surface area contributed by atoms with Crippen molar-refractivity contribution in [1.29, 1.82) is 0 Å². The molecule has 0 N–H and O–H groups in total. The van der Waals surface area contributed by atoms with Gasteiger partial charge in [0.05, 0.1) is 0 Å². The summed E-state index contributed by atoms with van der Waals surface area (Å²) in [6.45, 7) is 2.21. The van der Waals surface area contributed by atoms with Crippen LogP contribution in [0.1, 0.15) is 25.0 Å². The number of nitrogens with zero attached hydrogens (tertiary/aromatic N) is 2. The van der Waals surface area contributed by atoms with Crippen molar-refractivity contribution in [2.24, 2.45) is 5.92 Å². The van der Waals surface area contributed by atoms with Crippen LogP contribution >= 0.6 is 11.6 Å². The Morgan fingerprint density at radius 2 is 2.27 bits per heavy atom. The van der Waals surface area contributed by atoms with Crippen molar-refractivity contribution in [2.75, 3.05) is 0 Å². The fraction of sp³-hybridized carbons (Fsp3) is 0.400. The summed E-state index contributed by atoms with van der Waals surface area (Å²) in [7, 11) is 0. The van der Waals surface area contributed by atoms with Gasteiger partial charge in [-0.25, -0.2) is 0 Å². The van der Waals surface area contributed by atoms with E-state index in [0.717, 1.165) is 11.7 Å². The summed E-state index contributed by atoms with van der Waals surface area (Å²) < 4.78 is 10.3. The van der Waals surface area contributed by atoms with E-state index < -0.39 is 0 Å². The van der Waals surface area contributed by atoms with E-state index in [0.29, 0.717) is 17.5 Å². The van der Waals surface area contributed by atoms with Crippen LogP contribution in [0.5, 0.6) is 0 Å². The second-order valence-electron chi connectivity index (χ2n) is 3.89. The molecule has 0 radical (unpaired) electrons. The number of rotatable bonds is 2. The van der Waals surface area contributed by atoms with Crippen LogP contribution in [0, 0.1) is 5.92 Å². The molecule has 0 spiro atoms. The normalized spacial score (nSPS) is 24.4. The van der Waals surface area contributed by atoms with E-state index in [-0.39, 0.29) is 5.35 Å². The van der Waals surface area contributed by atoms with E-state index in [9.17, 15) is 0 Å². The molecule has 78 valence electrons. The Bertz CT molecular complexity index is 491. The van der Waals surface area contributed by atoms with Crippen molar-refractivity contribution in [3.63, 3.8) is 0 Å². The molecule has 2 aromatic heterocycles. The van der Waals surface area contributed by atoms with Crippen LogP contribution in [-0.4, -0.2) is 10.1 Å². The lowest BCUT2D eigenvalue weighted by atomic mass is 10.3. The summed E-state index contributed by atoms with van der Waals surface area (Å²) in [6, 6.07) is 3.81. The smallest absolute Gasteiger partial charge is 0.320 e. The van der Waals surface area contributed by atoms with Crippen molar-refractivity contribution in [3.8, 4) is 11.6 Å². The Kier molecular flexibility index (Phi) is 1.85. The van der Waals surface area contributed by atoms with Gasteiger partial charge in [0.15, 0.2) is 5.76 Å². The molecule has 1 aliphatic carbocycles. The maximum absolute atomic E-state index is 5.63. The molecular formula is C10H9ClN2O2. The Labute approximate surface area is 91.2 Å². The summed E-state index contributed by atoms with van der Waals surface area (Å²) >= 11 is 5.53. The molecule has 0 saturated heterocycles. The van der Waals surface area contributed by atoms with Crippen LogP contribution in [0.3, 0.4) is 0 Å². The third kappa shape index (κ3) is 1.55. The molecule has 2 atom stereocenters. The third-order valence-electron chi connectivity index (χ3n) is 2.72. The van der Waals surface area contributed by atoms with Crippen LogP contribution in [0.25, 0.3) is 11.6 Å². The zero-order valence-electron chi connectivity index (χ0n) is 8.11. The maximum atomic E-state index is 5.63. The first-order chi connectivity index (χ1) is 7.24. The minimum Gasteiger partial charge on any atom is -0.457 e. The summed E-state index contributed by atoms with van der Waals surface area (Å²) in [5, 5.41) is 3.72. The molecule has 5 heteroatoms. The zero-order valence-corrected chi connectivity index (χ0v) is 8.86. The highest BCUT2D eigenvalue weighted by atomic mass is 35.5. The minimum absolute atomic E-state index is 0.0303. The van der Waals surface area contributed by atoms with Gasteiger partial charge in [0, 0.05) is 5.92 Å². The number of hydrogen-bond donors (Lipinski definition) is 0. The van der Waals surface area contributed by atoms with Gasteiger partial charge in [0.2, 0.25) is 5.82 Å². The van der Waals surface area contributed by atoms with Crippen LogP contribution in [0.2, 0.25) is 5.35 Å². The first-order valence-electron chi connectivity index (χ1n) is 4.83. The van der Waals surface area contributed by atoms with Crippen molar-refractivity contribution < 1.29 is 8.94 Å². The molecule has 1 aliphatic rings. The van der Waals surface area contributed by atoms with Crippen molar-refractivity contribution in [1.82, 2.24) is 10.1 Å². The van der Waals surface area contributed by atoms with Crippen molar-refractivity contribution >= 4 is 11.6 Å². The fourth-order valence-corrected chi connectivity index (χ4v) is 1.81. The Morgan fingerprint density at radius 3 is 2.87 bits per heavy atom. The largest absolute Gasteiger partial charge is 0.457 e. The Hall–Kier alpha value is -1.29. The molecule has 1 saturated carbocycles. The number of hydrogen-bond acceptors (Lipinski definition) is 4. The molecule has 4 nitrogen and oxygen atoms in total. The van der Waals surface area contributed by atoms with Gasteiger partial charge in [-0.15, -0.1) is 0 Å². The van der Waals surface area contributed by atoms with Gasteiger partial charge in [-0.05, 0) is 36.1 Å². The van der Waals surface area contributed by atoms with E-state index in [4.69, 9.17) is 16.0 Å². The molecule has 2 aromatic rings. The maximum Gasteiger partial charge on any atom is 0.320 e. The standard InChI is InChI=1S/C10H9ClN2O2/c1-5-4-6(5)7-2-3-8(14-7)9-12-10(11)15-13-9/h2-3,5-6H,4H2,1H3. The van der Waals surface area contributed by atoms with Crippen LogP contribution in [0.15, 0.2) is 21.1 Å². The number of furan rings is 1. The molecule has 0 aliphatic heterocycles. The molecular weight excluding hydrogens is 216 g/mol. The minimum atomic E-state index is 0.0303. The summed E-state index contributed by atoms with van der Waals surface area (Å²) in [6.07, 6.45) is 1.19. The van der Waals surface area contributed by atoms with Gasteiger partial charge in [-0.3, -0.25) is 0 Å². The lowest BCUT2D eigenvalue weighted by Gasteiger charge is -1.90. The van der Waals surface area contributed by atoms with Gasteiger partial charge in [0.1, 0.15) is 5.76 Å². The van der Waals surface area contributed by atoms with Crippen molar-refractivity contribution in [3.05, 3.63) is 23.2 Å². The summed E-state index contributed by atoms with van der Waals surface area (Å²) in [5.74, 6) is 3.29. The van der Waals surface area contributed by atoms with Crippen LogP contribution in [0.4, 0.5) is 0 Å². The molecule has 0 aromatic carbocycles. The van der Waals surface area contributed by atoms with Gasteiger partial charge in [-0.2, -0.15) is 4.98 Å². The molecule has 0 amide bonds. The number of aromatic nitrogens is 2. The van der Waals surface area contributed by atoms with Gasteiger partial charge in [0.25, 0.3) is 0 Å². The molecule has 3 rings (SSSR count). The van der Waals surface area contributed by atoms with Gasteiger partial charge in [-0.1, -0.05) is 12.1 Å². The lowest BCUT2D eigenvalue weighted by Crippen LogP contribution is -1.76. The first kappa shape index (κ1) is 8.97. The topological polar surface area (TPSA) is 52.1 Å². The van der Waals surface area contributed by atoms with E-state index in [1.54, 1.807) is 0 Å². The monoisotopic (exact) mass is 224 g/mol. The third-order valence-corrected chi connectivity index (χ3v) is 2.88. The predicted octanol–water partition coefficient (Wildman–Crippen LogP) is 3.11. The van der Waals surface area contributed by atoms with Gasteiger partial charge >= 0.3 is 5.35 Å². The van der Waals surface area contributed by atoms with E-state index in [2.05, 4.69) is 21.6 Å². The summed E-state index contributed by atoms with van der Waals surface area (Å²) in [4.78, 5) is 3.89. The van der Waals surface area contributed by atoms with E-state index >= 15 is 0 Å². The number of halogens is 1. The highest BCUT2D eigenvalue weighted by Gasteiger charge is 2.36. The predicted molar refractivity (Wildman–Crippen MR) is 53.5 cm³/mol. The van der Waals surface area contributed by atoms with Gasteiger partial charge < -0.3 is 8.94 Å². The average Bonchev–Trinajstić information content (AvgIpc) is 2.71. The second kappa shape index (κ2) is 3.10. The average molecular weight is 225 g/mol. The summed E-state index contributed by atoms with van der Waals surface area (Å²) in [5.41, 5.74) is 0. The van der Waals surface area contributed by atoms with Crippen LogP contribution < -0.4 is 0 Å². The molecule has 2 heterocycles. The van der Waals surface area contributed by atoms with Crippen molar-refractivity contribution in [2.45, 2.75) is 19.3 Å². The SMILES string of the molecule is CC1CC1c1ccc(-c2noc(Cl)n2)o1. The van der Waals surface area contributed by atoms with E-state index in [1.807, 2.05) is 12.1 Å². The first-order valence-corrected chi connectivity index (χ1v) is 5.21. The highest BCUT2D eigenvalue weighted by Crippen LogP contribution is 2.47. The Morgan fingerprint density at radius 1 is 1.47 bits per heavy atom. The molecule has 1 fully saturated rings. The molecule has 2 unspecified atom stereocenters. The van der Waals surface area contributed by atoms with E-state index in [1.165, 1.54) is 6.42 Å². The highest BCUT2D eigenvalue weighted by molar-refractivity contribution is 6.27. The quantitative estimate of drug-likeness (QED) is 0.787. The Balaban J connectivity index is 1.90. The fourth-order valence-electron chi connectivity index (χ4n) is 1.70. The zero-order chi connectivity index (χ0) is 10.4. The van der Waals surface area contributed by atoms with Crippen LogP contribution in [-0.2, 0) is 0 Å². The lowest BCUT2D eigenvalue weighted by molar-refractivity contribution is 0.417. The second-order valence-corrected chi connectivity index (χ2v) is 4.22. The molecule has 0 bridgehead atoms.